The van der Waals surface area contributed by atoms with Crippen LogP contribution in [0.2, 0.25) is 0 Å². The standard InChI is InChI=1S/C19H26F3N3OS/c1-13-17(2-3-18(23-13)19(20,21)22)27-25-11-15-9-24(10-16(15)12-25)8-14-4-6-26-7-5-14/h2-3,14-16H,4-12H2,1H3. The molecule has 2 atom stereocenters. The fourth-order valence-electron chi connectivity index (χ4n) is 4.51. The minimum absolute atomic E-state index is 0.452. The lowest BCUT2D eigenvalue weighted by molar-refractivity contribution is -0.141. The molecule has 150 valence electrons. The van der Waals surface area contributed by atoms with Gasteiger partial charge >= 0.3 is 6.18 Å². The summed E-state index contributed by atoms with van der Waals surface area (Å²) in [4.78, 5) is 7.18. The highest BCUT2D eigenvalue weighted by Gasteiger charge is 2.41. The van der Waals surface area contributed by atoms with Crippen LogP contribution in [-0.4, -0.2) is 60.1 Å². The predicted molar refractivity (Wildman–Crippen MR) is 98.4 cm³/mol. The first-order chi connectivity index (χ1) is 12.9. The van der Waals surface area contributed by atoms with Gasteiger partial charge in [-0.3, -0.25) is 0 Å². The first-order valence-electron chi connectivity index (χ1n) is 9.66. The van der Waals surface area contributed by atoms with E-state index in [0.717, 1.165) is 56.3 Å². The molecule has 3 fully saturated rings. The van der Waals surface area contributed by atoms with Crippen molar-refractivity contribution in [3.8, 4) is 0 Å². The first kappa shape index (κ1) is 19.5. The molecule has 3 saturated heterocycles. The summed E-state index contributed by atoms with van der Waals surface area (Å²) in [5.74, 6) is 2.10. The number of nitrogens with zero attached hydrogens (tertiary/aromatic N) is 3. The fourth-order valence-corrected chi connectivity index (χ4v) is 5.62. The topological polar surface area (TPSA) is 28.6 Å². The van der Waals surface area contributed by atoms with Gasteiger partial charge in [-0.25, -0.2) is 9.29 Å². The Morgan fingerprint density at radius 1 is 1.11 bits per heavy atom. The molecule has 8 heteroatoms. The molecule has 2 unspecified atom stereocenters. The van der Waals surface area contributed by atoms with Crippen LogP contribution in [0, 0.1) is 24.7 Å². The zero-order valence-corrected chi connectivity index (χ0v) is 16.4. The molecule has 0 N–H and O–H groups in total. The molecule has 0 bridgehead atoms. The molecule has 0 aromatic carbocycles. The van der Waals surface area contributed by atoms with Crippen LogP contribution < -0.4 is 0 Å². The van der Waals surface area contributed by atoms with Gasteiger partial charge in [0.1, 0.15) is 5.69 Å². The van der Waals surface area contributed by atoms with E-state index in [1.54, 1.807) is 24.9 Å². The number of likely N-dealkylation sites (tertiary alicyclic amines) is 1. The van der Waals surface area contributed by atoms with E-state index in [4.69, 9.17) is 4.74 Å². The molecule has 0 aliphatic carbocycles. The van der Waals surface area contributed by atoms with E-state index in [0.29, 0.717) is 17.5 Å². The summed E-state index contributed by atoms with van der Waals surface area (Å²) >= 11 is 1.56. The average Bonchev–Trinajstić information content (AvgIpc) is 3.14. The average molecular weight is 401 g/mol. The van der Waals surface area contributed by atoms with Gasteiger partial charge in [0.25, 0.3) is 0 Å². The SMILES string of the molecule is Cc1nc(C(F)(F)F)ccc1SN1CC2CN(CC3CCOCC3)CC2C1. The van der Waals surface area contributed by atoms with Crippen LogP contribution in [-0.2, 0) is 10.9 Å². The summed E-state index contributed by atoms with van der Waals surface area (Å²) < 4.78 is 46.1. The van der Waals surface area contributed by atoms with Crippen molar-refractivity contribution in [2.24, 2.45) is 17.8 Å². The van der Waals surface area contributed by atoms with Crippen LogP contribution in [0.25, 0.3) is 0 Å². The second-order valence-corrected chi connectivity index (χ2v) is 9.15. The minimum Gasteiger partial charge on any atom is -0.381 e. The Bertz CT molecular complexity index is 652. The number of hydrogen-bond donors (Lipinski definition) is 0. The van der Waals surface area contributed by atoms with Crippen molar-refractivity contribution in [1.29, 1.82) is 0 Å². The van der Waals surface area contributed by atoms with Gasteiger partial charge in [0.15, 0.2) is 0 Å². The number of pyridine rings is 1. The lowest BCUT2D eigenvalue weighted by atomic mass is 10.00. The largest absolute Gasteiger partial charge is 0.433 e. The Morgan fingerprint density at radius 3 is 2.37 bits per heavy atom. The van der Waals surface area contributed by atoms with E-state index in [1.165, 1.54) is 19.4 Å². The summed E-state index contributed by atoms with van der Waals surface area (Å²) in [5.41, 5.74) is -0.362. The third kappa shape index (κ3) is 4.60. The second kappa shape index (κ2) is 7.89. The van der Waals surface area contributed by atoms with E-state index >= 15 is 0 Å². The van der Waals surface area contributed by atoms with Crippen LogP contribution in [0.4, 0.5) is 13.2 Å². The summed E-state index contributed by atoms with van der Waals surface area (Å²) in [6, 6.07) is 2.64. The van der Waals surface area contributed by atoms with Gasteiger partial charge in [0.05, 0.1) is 5.69 Å². The van der Waals surface area contributed by atoms with Crippen LogP contribution in [0.3, 0.4) is 0 Å². The molecule has 3 aliphatic heterocycles. The summed E-state index contributed by atoms with van der Waals surface area (Å²) in [6.07, 6.45) is -2.03. The smallest absolute Gasteiger partial charge is 0.381 e. The Kier molecular flexibility index (Phi) is 5.69. The number of halogens is 3. The van der Waals surface area contributed by atoms with Gasteiger partial charge in [0.2, 0.25) is 0 Å². The molecule has 0 radical (unpaired) electrons. The van der Waals surface area contributed by atoms with E-state index < -0.39 is 11.9 Å². The van der Waals surface area contributed by atoms with Crippen molar-refractivity contribution in [3.05, 3.63) is 23.5 Å². The summed E-state index contributed by atoms with van der Waals surface area (Å²) in [5, 5.41) is 0. The highest BCUT2D eigenvalue weighted by Crippen LogP contribution is 2.38. The van der Waals surface area contributed by atoms with E-state index in [-0.39, 0.29) is 0 Å². The van der Waals surface area contributed by atoms with Crippen molar-refractivity contribution >= 4 is 11.9 Å². The first-order valence-corrected chi connectivity index (χ1v) is 10.4. The van der Waals surface area contributed by atoms with Crippen LogP contribution in [0.1, 0.15) is 24.2 Å². The number of hydrogen-bond acceptors (Lipinski definition) is 5. The highest BCUT2D eigenvalue weighted by molar-refractivity contribution is 7.97. The van der Waals surface area contributed by atoms with Crippen LogP contribution in [0.15, 0.2) is 17.0 Å². The minimum atomic E-state index is -4.38. The Morgan fingerprint density at radius 2 is 1.78 bits per heavy atom. The third-order valence-electron chi connectivity index (χ3n) is 5.94. The quantitative estimate of drug-likeness (QED) is 0.718. The zero-order chi connectivity index (χ0) is 19.0. The van der Waals surface area contributed by atoms with Gasteiger partial charge in [0, 0.05) is 50.8 Å². The predicted octanol–water partition coefficient (Wildman–Crippen LogP) is 3.71. The van der Waals surface area contributed by atoms with Crippen molar-refractivity contribution < 1.29 is 17.9 Å². The van der Waals surface area contributed by atoms with Gasteiger partial charge < -0.3 is 9.64 Å². The van der Waals surface area contributed by atoms with Gasteiger partial charge in [-0.1, -0.05) is 0 Å². The molecule has 0 amide bonds. The highest BCUT2D eigenvalue weighted by atomic mass is 32.2. The summed E-state index contributed by atoms with van der Waals surface area (Å²) in [6.45, 7) is 8.93. The zero-order valence-electron chi connectivity index (χ0n) is 15.5. The van der Waals surface area contributed by atoms with E-state index in [2.05, 4.69) is 14.2 Å². The monoisotopic (exact) mass is 401 g/mol. The van der Waals surface area contributed by atoms with Crippen molar-refractivity contribution in [3.63, 3.8) is 0 Å². The Balaban J connectivity index is 1.29. The van der Waals surface area contributed by atoms with Gasteiger partial charge in [-0.05, 0) is 61.6 Å². The van der Waals surface area contributed by atoms with E-state index in [1.807, 2.05) is 0 Å². The molecule has 1 aromatic rings. The van der Waals surface area contributed by atoms with Crippen LogP contribution in [0.5, 0.6) is 0 Å². The number of fused-ring (bicyclic) bond motifs is 1. The molecule has 4 heterocycles. The fraction of sp³-hybridized carbons (Fsp3) is 0.737. The maximum absolute atomic E-state index is 12.8. The molecule has 0 spiro atoms. The molecule has 3 aliphatic rings. The molecular weight excluding hydrogens is 375 g/mol. The second-order valence-electron chi connectivity index (χ2n) is 8.01. The Hall–Kier alpha value is -0.830. The maximum Gasteiger partial charge on any atom is 0.433 e. The van der Waals surface area contributed by atoms with E-state index in [9.17, 15) is 13.2 Å². The van der Waals surface area contributed by atoms with Crippen molar-refractivity contribution in [1.82, 2.24) is 14.2 Å². The molecule has 4 rings (SSSR count). The number of aryl methyl sites for hydroxylation is 1. The lowest BCUT2D eigenvalue weighted by Gasteiger charge is -2.28. The molecule has 0 saturated carbocycles. The molecule has 4 nitrogen and oxygen atoms in total. The van der Waals surface area contributed by atoms with Gasteiger partial charge in [-0.15, -0.1) is 0 Å². The van der Waals surface area contributed by atoms with Crippen molar-refractivity contribution in [2.45, 2.75) is 30.8 Å². The molecular formula is C19H26F3N3OS. The lowest BCUT2D eigenvalue weighted by Crippen LogP contribution is -2.33. The summed E-state index contributed by atoms with van der Waals surface area (Å²) in [7, 11) is 0. The number of ether oxygens (including phenoxy) is 1. The number of rotatable bonds is 4. The normalized spacial score (nSPS) is 28.0. The molecule has 1 aromatic heterocycles. The Labute approximate surface area is 162 Å². The molecule has 27 heavy (non-hydrogen) atoms. The maximum atomic E-state index is 12.8. The van der Waals surface area contributed by atoms with Gasteiger partial charge in [-0.2, -0.15) is 13.2 Å². The van der Waals surface area contributed by atoms with Crippen molar-refractivity contribution in [2.75, 3.05) is 45.9 Å². The third-order valence-corrected chi connectivity index (χ3v) is 7.13. The van der Waals surface area contributed by atoms with Crippen LogP contribution >= 0.6 is 11.9 Å². The number of alkyl halides is 3. The number of aromatic nitrogens is 1.